The Morgan fingerprint density at radius 3 is 2.41 bits per heavy atom. The maximum Gasteiger partial charge on any atom is 0.261 e. The predicted octanol–water partition coefficient (Wildman–Crippen LogP) is 5.57. The van der Waals surface area contributed by atoms with Crippen LogP contribution in [-0.2, 0) is 0 Å². The third kappa shape index (κ3) is 3.97. The van der Waals surface area contributed by atoms with Crippen LogP contribution in [0.4, 0.5) is 11.5 Å². The fraction of sp³-hybridized carbons (Fsp3) is 0.0769. The van der Waals surface area contributed by atoms with Crippen LogP contribution in [0.1, 0.15) is 27.0 Å². The largest absolute Gasteiger partial charge is 0.383 e. The minimum atomic E-state index is -0.379. The molecule has 0 bridgehead atoms. The second-order valence-corrected chi connectivity index (χ2v) is 8.44. The predicted molar refractivity (Wildman–Crippen MR) is 138 cm³/mol. The Kier molecular flexibility index (Phi) is 5.47. The van der Waals surface area contributed by atoms with Gasteiger partial charge < -0.3 is 11.1 Å². The summed E-state index contributed by atoms with van der Waals surface area (Å²) in [6.07, 6.45) is 1.63. The highest BCUT2D eigenvalue weighted by Gasteiger charge is 2.24. The zero-order valence-electron chi connectivity index (χ0n) is 18.6. The maximum absolute atomic E-state index is 13.4. The Morgan fingerprint density at radius 2 is 1.71 bits per heavy atom. The number of hydrogen-bond acceptors (Lipinski definition) is 5. The molecule has 0 radical (unpaired) electrons. The number of nitrogens with zero attached hydrogens (tertiary/aromatic N) is 4. The highest BCUT2D eigenvalue weighted by atomic mass is 35.5. The smallest absolute Gasteiger partial charge is 0.261 e. The first kappa shape index (κ1) is 21.6. The van der Waals surface area contributed by atoms with Crippen LogP contribution in [0, 0.1) is 13.8 Å². The van der Waals surface area contributed by atoms with Gasteiger partial charge in [0.15, 0.2) is 5.65 Å². The quantitative estimate of drug-likeness (QED) is 0.337. The lowest BCUT2D eigenvalue weighted by molar-refractivity contribution is 0.102. The van der Waals surface area contributed by atoms with Gasteiger partial charge in [0.2, 0.25) is 0 Å². The van der Waals surface area contributed by atoms with Crippen molar-refractivity contribution in [2.75, 3.05) is 11.1 Å². The lowest BCUT2D eigenvalue weighted by Gasteiger charge is -2.08. The summed E-state index contributed by atoms with van der Waals surface area (Å²) in [5.41, 5.74) is 12.5. The number of anilines is 2. The minimum Gasteiger partial charge on any atom is -0.383 e. The molecule has 5 rings (SSSR count). The van der Waals surface area contributed by atoms with E-state index in [1.807, 2.05) is 68.4 Å². The van der Waals surface area contributed by atoms with Crippen molar-refractivity contribution in [1.82, 2.24) is 14.6 Å². The first-order chi connectivity index (χ1) is 16.4. The average molecular weight is 469 g/mol. The van der Waals surface area contributed by atoms with Crippen LogP contribution in [0.5, 0.6) is 0 Å². The lowest BCUT2D eigenvalue weighted by Crippen LogP contribution is -2.14. The normalized spacial score (nSPS) is 11.5. The summed E-state index contributed by atoms with van der Waals surface area (Å²) in [4.78, 5) is 22.8. The van der Waals surface area contributed by atoms with E-state index in [4.69, 9.17) is 27.3 Å². The van der Waals surface area contributed by atoms with Crippen LogP contribution >= 0.6 is 11.6 Å². The van der Waals surface area contributed by atoms with Crippen LogP contribution in [0.25, 0.3) is 22.2 Å². The molecule has 0 spiro atoms. The van der Waals surface area contributed by atoms with E-state index in [0.717, 1.165) is 16.7 Å². The number of benzene rings is 3. The molecule has 0 aliphatic carbocycles. The Bertz CT molecular complexity index is 1590. The summed E-state index contributed by atoms with van der Waals surface area (Å²) >= 11 is 5.98. The fourth-order valence-electron chi connectivity index (χ4n) is 3.67. The van der Waals surface area contributed by atoms with Gasteiger partial charge in [-0.05, 0) is 66.9 Å². The number of carbonyl (C=O) groups excluding carboxylic acids is 1. The van der Waals surface area contributed by atoms with Gasteiger partial charge in [-0.25, -0.2) is 9.97 Å². The van der Waals surface area contributed by atoms with E-state index < -0.39 is 0 Å². The number of rotatable bonds is 4. The zero-order chi connectivity index (χ0) is 23.8. The van der Waals surface area contributed by atoms with Gasteiger partial charge in [0.1, 0.15) is 16.9 Å². The van der Waals surface area contributed by atoms with Gasteiger partial charge in [-0.2, -0.15) is 9.78 Å². The van der Waals surface area contributed by atoms with E-state index in [-0.39, 0.29) is 17.3 Å². The van der Waals surface area contributed by atoms with Crippen molar-refractivity contribution in [1.29, 1.82) is 0 Å². The molecule has 2 aromatic heterocycles. The van der Waals surface area contributed by atoms with Crippen LogP contribution in [-0.4, -0.2) is 26.8 Å². The summed E-state index contributed by atoms with van der Waals surface area (Å²) in [5, 5.41) is 8.08. The number of para-hydroxylation sites is 2. The van der Waals surface area contributed by atoms with Crippen molar-refractivity contribution >= 4 is 57.4 Å². The highest BCUT2D eigenvalue weighted by Crippen LogP contribution is 2.29. The fourth-order valence-corrected chi connectivity index (χ4v) is 3.80. The summed E-state index contributed by atoms with van der Waals surface area (Å²) in [6.45, 7) is 4.01. The molecular formula is C26H21ClN6O. The molecule has 168 valence electrons. The molecule has 0 aliphatic heterocycles. The molecule has 34 heavy (non-hydrogen) atoms. The number of aromatic nitrogens is 3. The van der Waals surface area contributed by atoms with Gasteiger partial charge in [0, 0.05) is 10.7 Å². The van der Waals surface area contributed by atoms with Crippen LogP contribution in [0.3, 0.4) is 0 Å². The number of amides is 1. The van der Waals surface area contributed by atoms with Crippen molar-refractivity contribution in [3.05, 3.63) is 94.0 Å². The molecule has 0 aliphatic rings. The number of fused-ring (bicyclic) bond motifs is 2. The molecule has 3 aromatic carbocycles. The number of nitrogens with two attached hydrogens (primary N) is 1. The van der Waals surface area contributed by atoms with Gasteiger partial charge in [0.05, 0.1) is 17.2 Å². The van der Waals surface area contributed by atoms with Crippen LogP contribution in [0.2, 0.25) is 5.02 Å². The number of aryl methyl sites for hydroxylation is 2. The first-order valence-electron chi connectivity index (χ1n) is 10.7. The zero-order valence-corrected chi connectivity index (χ0v) is 19.3. The van der Waals surface area contributed by atoms with Crippen molar-refractivity contribution in [3.8, 4) is 0 Å². The van der Waals surface area contributed by atoms with Crippen LogP contribution in [0.15, 0.2) is 71.8 Å². The van der Waals surface area contributed by atoms with Gasteiger partial charge in [-0.3, -0.25) is 4.79 Å². The molecule has 0 atom stereocenters. The molecule has 2 heterocycles. The summed E-state index contributed by atoms with van der Waals surface area (Å²) in [5.74, 6) is -0.229. The Morgan fingerprint density at radius 1 is 1.00 bits per heavy atom. The molecule has 8 heteroatoms. The van der Waals surface area contributed by atoms with Gasteiger partial charge in [-0.15, -0.1) is 0 Å². The van der Waals surface area contributed by atoms with E-state index in [0.29, 0.717) is 32.9 Å². The minimum absolute atomic E-state index is 0.150. The Hall–Kier alpha value is -4.23. The standard InChI is InChI=1S/C26H21ClN6O/c1-15-7-12-19(13-16(15)2)30-26(34)22-23-25(32-21-6-4-3-5-20(21)31-23)33(24(22)28)29-14-17-8-10-18(27)11-9-17/h3-14H,28H2,1-2H3,(H,30,34). The van der Waals surface area contributed by atoms with Crippen molar-refractivity contribution in [2.45, 2.75) is 13.8 Å². The second-order valence-electron chi connectivity index (χ2n) is 8.01. The molecule has 7 nitrogen and oxygen atoms in total. The third-order valence-electron chi connectivity index (χ3n) is 5.66. The number of carbonyl (C=O) groups is 1. The molecular weight excluding hydrogens is 448 g/mol. The second kappa shape index (κ2) is 8.61. The molecule has 0 saturated heterocycles. The number of nitrogens with one attached hydrogen (secondary N) is 1. The summed E-state index contributed by atoms with van der Waals surface area (Å²) in [6, 6.07) is 20.4. The van der Waals surface area contributed by atoms with Gasteiger partial charge in [0.25, 0.3) is 5.91 Å². The average Bonchev–Trinajstić information content (AvgIpc) is 3.09. The van der Waals surface area contributed by atoms with E-state index in [1.165, 1.54) is 4.68 Å². The molecule has 5 aromatic rings. The molecule has 0 unspecified atom stereocenters. The number of hydrogen-bond donors (Lipinski definition) is 2. The first-order valence-corrected chi connectivity index (χ1v) is 11.0. The van der Waals surface area contributed by atoms with E-state index in [9.17, 15) is 4.79 Å². The number of nitrogen functional groups attached to an aromatic ring is 1. The van der Waals surface area contributed by atoms with Gasteiger partial charge in [-0.1, -0.05) is 41.9 Å². The molecule has 1 amide bonds. The maximum atomic E-state index is 13.4. The number of halogens is 1. The van der Waals surface area contributed by atoms with E-state index in [1.54, 1.807) is 18.3 Å². The van der Waals surface area contributed by atoms with Crippen LogP contribution < -0.4 is 11.1 Å². The van der Waals surface area contributed by atoms with E-state index in [2.05, 4.69) is 10.4 Å². The van der Waals surface area contributed by atoms with Gasteiger partial charge >= 0.3 is 0 Å². The SMILES string of the molecule is Cc1ccc(NC(=O)c2c(N)n(N=Cc3ccc(Cl)cc3)c3nc4ccccc4nc23)cc1C. The Labute approximate surface area is 200 Å². The summed E-state index contributed by atoms with van der Waals surface area (Å²) in [7, 11) is 0. The molecule has 0 fully saturated rings. The third-order valence-corrected chi connectivity index (χ3v) is 5.91. The lowest BCUT2D eigenvalue weighted by atomic mass is 10.1. The molecule has 0 saturated carbocycles. The van der Waals surface area contributed by atoms with Crippen molar-refractivity contribution in [3.63, 3.8) is 0 Å². The Balaban J connectivity index is 1.64. The topological polar surface area (TPSA) is 98.2 Å². The van der Waals surface area contributed by atoms with Crippen molar-refractivity contribution < 1.29 is 4.79 Å². The summed E-state index contributed by atoms with van der Waals surface area (Å²) < 4.78 is 1.44. The van der Waals surface area contributed by atoms with E-state index >= 15 is 0 Å². The monoisotopic (exact) mass is 468 g/mol. The van der Waals surface area contributed by atoms with Crippen molar-refractivity contribution in [2.24, 2.45) is 5.10 Å². The highest BCUT2D eigenvalue weighted by molar-refractivity contribution is 6.30. The molecule has 3 N–H and O–H groups in total.